The van der Waals surface area contributed by atoms with Crippen molar-refractivity contribution in [2.24, 2.45) is 5.73 Å². The van der Waals surface area contributed by atoms with Gasteiger partial charge < -0.3 is 15.4 Å². The van der Waals surface area contributed by atoms with Gasteiger partial charge >= 0.3 is 0 Å². The molecule has 1 heterocycles. The molecule has 0 aliphatic carbocycles. The van der Waals surface area contributed by atoms with Gasteiger partial charge in [-0.05, 0) is 24.1 Å². The van der Waals surface area contributed by atoms with Crippen LogP contribution >= 0.6 is 12.4 Å². The molecule has 1 fully saturated rings. The number of ether oxygens (including phenoxy) is 1. The number of carbonyl (C=O) groups is 1. The fraction of sp³-hybridized carbons (Fsp3) is 0.350. The Morgan fingerprint density at radius 1 is 1.14 bits per heavy atom. The number of rotatable bonds is 6. The standard InChI is InChI=1S/C20H23N3O4.ClH/c21-19(14-15-4-2-1-3-5-15)20(24)22-12-10-18(11-13-22)27-17-8-6-16(7-9-17)23(25)26;/h1-9,18-19H,10-14,21H2;1H/t19-;/m0./s1. The number of amides is 1. The van der Waals surface area contributed by atoms with Gasteiger partial charge in [0.1, 0.15) is 11.9 Å². The first kappa shape index (κ1) is 21.7. The summed E-state index contributed by atoms with van der Waals surface area (Å²) in [5, 5.41) is 10.7. The number of nitrogens with two attached hydrogens (primary N) is 1. The van der Waals surface area contributed by atoms with Crippen molar-refractivity contribution >= 4 is 24.0 Å². The summed E-state index contributed by atoms with van der Waals surface area (Å²) in [4.78, 5) is 24.6. The first-order chi connectivity index (χ1) is 13.0. The third-order valence-corrected chi connectivity index (χ3v) is 4.72. The summed E-state index contributed by atoms with van der Waals surface area (Å²) < 4.78 is 5.88. The summed E-state index contributed by atoms with van der Waals surface area (Å²) in [6, 6.07) is 15.3. The molecule has 2 aromatic rings. The van der Waals surface area contributed by atoms with E-state index >= 15 is 0 Å². The van der Waals surface area contributed by atoms with Gasteiger partial charge in [-0.3, -0.25) is 14.9 Å². The summed E-state index contributed by atoms with van der Waals surface area (Å²) in [5.74, 6) is 0.568. The minimum absolute atomic E-state index is 0. The maximum absolute atomic E-state index is 12.6. The van der Waals surface area contributed by atoms with Crippen molar-refractivity contribution in [2.75, 3.05) is 13.1 Å². The fourth-order valence-corrected chi connectivity index (χ4v) is 3.22. The lowest BCUT2D eigenvalue weighted by Gasteiger charge is -2.33. The predicted octanol–water partition coefficient (Wildman–Crippen LogP) is 2.96. The molecule has 2 N–H and O–H groups in total. The molecule has 2 aromatic carbocycles. The topological polar surface area (TPSA) is 98.7 Å². The second kappa shape index (κ2) is 10.1. The van der Waals surface area contributed by atoms with Crippen LogP contribution in [0.5, 0.6) is 5.75 Å². The van der Waals surface area contributed by atoms with Gasteiger partial charge in [0, 0.05) is 38.1 Å². The van der Waals surface area contributed by atoms with Crippen LogP contribution in [0.25, 0.3) is 0 Å². The zero-order valence-electron chi connectivity index (χ0n) is 15.4. The Hall–Kier alpha value is -2.64. The molecule has 7 nitrogen and oxygen atoms in total. The number of halogens is 1. The number of nitro groups is 1. The molecule has 1 aliphatic heterocycles. The molecule has 1 atom stereocenters. The van der Waals surface area contributed by atoms with Crippen LogP contribution in [0, 0.1) is 10.1 Å². The quantitative estimate of drug-likeness (QED) is 0.588. The monoisotopic (exact) mass is 405 g/mol. The lowest BCUT2D eigenvalue weighted by Crippen LogP contribution is -2.49. The maximum atomic E-state index is 12.6. The Balaban J connectivity index is 0.00000280. The van der Waals surface area contributed by atoms with E-state index in [0.29, 0.717) is 38.1 Å². The molecule has 0 spiro atoms. The van der Waals surface area contributed by atoms with Crippen LogP contribution in [0.2, 0.25) is 0 Å². The van der Waals surface area contributed by atoms with Gasteiger partial charge in [-0.2, -0.15) is 0 Å². The maximum Gasteiger partial charge on any atom is 0.269 e. The Kier molecular flexibility index (Phi) is 7.78. The summed E-state index contributed by atoms with van der Waals surface area (Å²) in [6.07, 6.45) is 1.93. The van der Waals surface area contributed by atoms with Crippen LogP contribution in [-0.2, 0) is 11.2 Å². The highest BCUT2D eigenvalue weighted by Crippen LogP contribution is 2.22. The number of likely N-dealkylation sites (tertiary alicyclic amines) is 1. The molecule has 8 heteroatoms. The minimum Gasteiger partial charge on any atom is -0.490 e. The van der Waals surface area contributed by atoms with Gasteiger partial charge in [-0.15, -0.1) is 12.4 Å². The lowest BCUT2D eigenvalue weighted by molar-refractivity contribution is -0.384. The Morgan fingerprint density at radius 2 is 1.75 bits per heavy atom. The van der Waals surface area contributed by atoms with Gasteiger partial charge in [0.25, 0.3) is 5.69 Å². The highest BCUT2D eigenvalue weighted by molar-refractivity contribution is 5.85. The molecule has 0 aromatic heterocycles. The number of benzene rings is 2. The molecule has 1 saturated heterocycles. The van der Waals surface area contributed by atoms with Crippen molar-refractivity contribution in [1.29, 1.82) is 0 Å². The minimum atomic E-state index is -0.542. The number of hydrogen-bond acceptors (Lipinski definition) is 5. The van der Waals surface area contributed by atoms with E-state index in [1.54, 1.807) is 17.0 Å². The first-order valence-corrected chi connectivity index (χ1v) is 9.02. The van der Waals surface area contributed by atoms with Crippen LogP contribution in [0.15, 0.2) is 54.6 Å². The summed E-state index contributed by atoms with van der Waals surface area (Å²) in [5.41, 5.74) is 7.19. The van der Waals surface area contributed by atoms with Gasteiger partial charge in [0.2, 0.25) is 5.91 Å². The summed E-state index contributed by atoms with van der Waals surface area (Å²) in [6.45, 7) is 1.19. The highest BCUT2D eigenvalue weighted by Gasteiger charge is 2.27. The van der Waals surface area contributed by atoms with Crippen molar-refractivity contribution in [3.05, 3.63) is 70.3 Å². The van der Waals surface area contributed by atoms with Crippen molar-refractivity contribution < 1.29 is 14.5 Å². The van der Waals surface area contributed by atoms with E-state index in [-0.39, 0.29) is 30.1 Å². The zero-order chi connectivity index (χ0) is 19.2. The SMILES string of the molecule is Cl.N[C@@H](Cc1ccccc1)C(=O)N1CCC(Oc2ccc([N+](=O)[O-])cc2)CC1. The molecule has 1 amide bonds. The average molecular weight is 406 g/mol. The first-order valence-electron chi connectivity index (χ1n) is 9.02. The molecule has 1 aliphatic rings. The van der Waals surface area contributed by atoms with Gasteiger partial charge in [0.05, 0.1) is 11.0 Å². The number of nitro benzene ring substituents is 1. The van der Waals surface area contributed by atoms with Gasteiger partial charge in [-0.1, -0.05) is 30.3 Å². The molecular weight excluding hydrogens is 382 g/mol. The van der Waals surface area contributed by atoms with E-state index in [9.17, 15) is 14.9 Å². The second-order valence-corrected chi connectivity index (χ2v) is 6.69. The zero-order valence-corrected chi connectivity index (χ0v) is 16.2. The molecule has 28 heavy (non-hydrogen) atoms. The second-order valence-electron chi connectivity index (χ2n) is 6.69. The Bertz CT molecular complexity index is 778. The number of nitrogens with zero attached hydrogens (tertiary/aromatic N) is 2. The van der Waals surface area contributed by atoms with E-state index in [1.165, 1.54) is 12.1 Å². The third-order valence-electron chi connectivity index (χ3n) is 4.72. The van der Waals surface area contributed by atoms with Crippen LogP contribution in [0.4, 0.5) is 5.69 Å². The number of non-ortho nitro benzene ring substituents is 1. The summed E-state index contributed by atoms with van der Waals surface area (Å²) >= 11 is 0. The van der Waals surface area contributed by atoms with Gasteiger partial charge in [-0.25, -0.2) is 0 Å². The molecule has 3 rings (SSSR count). The fourth-order valence-electron chi connectivity index (χ4n) is 3.22. The van der Waals surface area contributed by atoms with E-state index in [4.69, 9.17) is 10.5 Å². The lowest BCUT2D eigenvalue weighted by atomic mass is 10.0. The third kappa shape index (κ3) is 5.68. The Morgan fingerprint density at radius 3 is 2.32 bits per heavy atom. The molecule has 0 saturated carbocycles. The summed E-state index contributed by atoms with van der Waals surface area (Å²) in [7, 11) is 0. The van der Waals surface area contributed by atoms with E-state index in [1.807, 2.05) is 30.3 Å². The number of hydrogen-bond donors (Lipinski definition) is 1. The van der Waals surface area contributed by atoms with E-state index in [0.717, 1.165) is 5.56 Å². The largest absolute Gasteiger partial charge is 0.490 e. The van der Waals surface area contributed by atoms with Crippen molar-refractivity contribution in [3.8, 4) is 5.75 Å². The number of piperidine rings is 1. The van der Waals surface area contributed by atoms with Crippen LogP contribution in [0.3, 0.4) is 0 Å². The molecular formula is C20H24ClN3O4. The smallest absolute Gasteiger partial charge is 0.269 e. The molecule has 0 unspecified atom stereocenters. The molecule has 0 bridgehead atoms. The number of carbonyl (C=O) groups excluding carboxylic acids is 1. The van der Waals surface area contributed by atoms with Crippen LogP contribution < -0.4 is 10.5 Å². The predicted molar refractivity (Wildman–Crippen MR) is 109 cm³/mol. The Labute approximate surface area is 170 Å². The molecule has 150 valence electrons. The van der Waals surface area contributed by atoms with Crippen LogP contribution in [0.1, 0.15) is 18.4 Å². The normalized spacial score (nSPS) is 15.4. The van der Waals surface area contributed by atoms with Gasteiger partial charge in [0.15, 0.2) is 0 Å². The van der Waals surface area contributed by atoms with Crippen LogP contribution in [-0.4, -0.2) is 41.0 Å². The van der Waals surface area contributed by atoms with Crippen molar-refractivity contribution in [2.45, 2.75) is 31.4 Å². The molecule has 0 radical (unpaired) electrons. The van der Waals surface area contributed by atoms with E-state index in [2.05, 4.69) is 0 Å². The van der Waals surface area contributed by atoms with E-state index < -0.39 is 11.0 Å². The van der Waals surface area contributed by atoms with Crippen molar-refractivity contribution in [3.63, 3.8) is 0 Å². The highest BCUT2D eigenvalue weighted by atomic mass is 35.5. The van der Waals surface area contributed by atoms with Crippen molar-refractivity contribution in [1.82, 2.24) is 4.90 Å². The average Bonchev–Trinajstić information content (AvgIpc) is 2.69.